The highest BCUT2D eigenvalue weighted by molar-refractivity contribution is 5.95. The van der Waals surface area contributed by atoms with E-state index in [0.29, 0.717) is 22.8 Å². The first kappa shape index (κ1) is 17.9. The summed E-state index contributed by atoms with van der Waals surface area (Å²) in [6, 6.07) is 3.48. The molecule has 2 aliphatic rings. The van der Waals surface area contributed by atoms with Crippen molar-refractivity contribution in [2.75, 3.05) is 47.5 Å². The third-order valence-corrected chi connectivity index (χ3v) is 5.42. The van der Waals surface area contributed by atoms with Crippen LogP contribution in [0.2, 0.25) is 0 Å². The van der Waals surface area contributed by atoms with E-state index in [9.17, 15) is 4.79 Å². The lowest BCUT2D eigenvalue weighted by molar-refractivity contribution is 0.0433. The number of nitrogens with one attached hydrogen (secondary N) is 1. The van der Waals surface area contributed by atoms with Crippen LogP contribution < -0.4 is 19.5 Å². The van der Waals surface area contributed by atoms with Crippen LogP contribution in [0, 0.1) is 5.41 Å². The zero-order valence-corrected chi connectivity index (χ0v) is 15.4. The lowest BCUT2D eigenvalue weighted by atomic mass is 9.74. The van der Waals surface area contributed by atoms with Gasteiger partial charge in [0.1, 0.15) is 0 Å². The van der Waals surface area contributed by atoms with Gasteiger partial charge in [0, 0.05) is 30.6 Å². The smallest absolute Gasteiger partial charge is 0.254 e. The maximum absolute atomic E-state index is 13.1. The summed E-state index contributed by atoms with van der Waals surface area (Å²) in [5.41, 5.74) is 0.808. The molecule has 2 saturated heterocycles. The normalized spacial score (nSPS) is 23.4. The van der Waals surface area contributed by atoms with Crippen molar-refractivity contribution in [3.8, 4) is 17.2 Å². The van der Waals surface area contributed by atoms with Crippen molar-refractivity contribution in [2.45, 2.75) is 25.7 Å². The number of rotatable bonds is 4. The van der Waals surface area contributed by atoms with E-state index in [1.54, 1.807) is 33.5 Å². The van der Waals surface area contributed by atoms with Gasteiger partial charge < -0.3 is 24.4 Å². The van der Waals surface area contributed by atoms with Crippen LogP contribution in [0.25, 0.3) is 0 Å². The molecule has 6 nitrogen and oxygen atoms in total. The topological polar surface area (TPSA) is 60.0 Å². The van der Waals surface area contributed by atoms with Crippen LogP contribution in [-0.2, 0) is 0 Å². The van der Waals surface area contributed by atoms with Gasteiger partial charge >= 0.3 is 0 Å². The monoisotopic (exact) mass is 348 g/mol. The Labute approximate surface area is 149 Å². The number of amides is 1. The molecule has 1 atom stereocenters. The minimum Gasteiger partial charge on any atom is -0.493 e. The molecule has 138 valence electrons. The van der Waals surface area contributed by atoms with Gasteiger partial charge in [0.2, 0.25) is 5.75 Å². The first-order chi connectivity index (χ1) is 12.1. The molecule has 1 spiro atoms. The Morgan fingerprint density at radius 3 is 2.32 bits per heavy atom. The maximum atomic E-state index is 13.1. The lowest BCUT2D eigenvalue weighted by Gasteiger charge is -2.45. The van der Waals surface area contributed by atoms with Gasteiger partial charge in [-0.1, -0.05) is 0 Å². The summed E-state index contributed by atoms with van der Waals surface area (Å²) in [6.07, 6.45) is 4.63. The van der Waals surface area contributed by atoms with Crippen molar-refractivity contribution in [3.05, 3.63) is 17.7 Å². The standard InChI is InChI=1S/C19H28N2O4/c1-23-15-10-14(11-16(24-2)17(15)25-3)18(22)21-9-5-7-19(13-21)6-4-8-20-12-19/h10-11,20H,4-9,12-13H2,1-3H3. The Bertz CT molecular complexity index is 595. The van der Waals surface area contributed by atoms with Crippen molar-refractivity contribution in [2.24, 2.45) is 5.41 Å². The first-order valence-corrected chi connectivity index (χ1v) is 8.92. The fourth-order valence-corrected chi connectivity index (χ4v) is 4.15. The molecule has 2 aliphatic heterocycles. The molecular formula is C19H28N2O4. The number of carbonyl (C=O) groups is 1. The summed E-state index contributed by atoms with van der Waals surface area (Å²) in [5, 5.41) is 3.50. The van der Waals surface area contributed by atoms with Crippen LogP contribution in [0.15, 0.2) is 12.1 Å². The molecule has 2 heterocycles. The molecule has 0 saturated carbocycles. The summed E-state index contributed by atoms with van der Waals surface area (Å²) < 4.78 is 16.1. The molecule has 0 radical (unpaired) electrons. The largest absolute Gasteiger partial charge is 0.493 e. The van der Waals surface area contributed by atoms with Gasteiger partial charge in [-0.2, -0.15) is 0 Å². The van der Waals surface area contributed by atoms with E-state index in [4.69, 9.17) is 14.2 Å². The van der Waals surface area contributed by atoms with Gasteiger partial charge in [0.25, 0.3) is 5.91 Å². The van der Waals surface area contributed by atoms with Gasteiger partial charge in [-0.25, -0.2) is 0 Å². The predicted molar refractivity (Wildman–Crippen MR) is 95.8 cm³/mol. The molecule has 0 aliphatic carbocycles. The second-order valence-corrected chi connectivity index (χ2v) is 7.02. The van der Waals surface area contributed by atoms with Gasteiger partial charge in [0.05, 0.1) is 21.3 Å². The number of hydrogen-bond acceptors (Lipinski definition) is 5. The van der Waals surface area contributed by atoms with Crippen molar-refractivity contribution in [1.29, 1.82) is 0 Å². The number of benzene rings is 1. The fraction of sp³-hybridized carbons (Fsp3) is 0.632. The van der Waals surface area contributed by atoms with Crippen LogP contribution in [0.5, 0.6) is 17.2 Å². The molecule has 6 heteroatoms. The van der Waals surface area contributed by atoms with E-state index in [-0.39, 0.29) is 11.3 Å². The highest BCUT2D eigenvalue weighted by Crippen LogP contribution is 2.40. The van der Waals surface area contributed by atoms with Crippen molar-refractivity contribution in [1.82, 2.24) is 10.2 Å². The van der Waals surface area contributed by atoms with E-state index >= 15 is 0 Å². The average molecular weight is 348 g/mol. The second-order valence-electron chi connectivity index (χ2n) is 7.02. The van der Waals surface area contributed by atoms with Gasteiger partial charge in [0.15, 0.2) is 11.5 Å². The van der Waals surface area contributed by atoms with E-state index in [1.807, 2.05) is 4.90 Å². The summed E-state index contributed by atoms with van der Waals surface area (Å²) in [6.45, 7) is 3.71. The van der Waals surface area contributed by atoms with E-state index < -0.39 is 0 Å². The fourth-order valence-electron chi connectivity index (χ4n) is 4.15. The third kappa shape index (κ3) is 3.54. The van der Waals surface area contributed by atoms with E-state index in [0.717, 1.165) is 32.6 Å². The maximum Gasteiger partial charge on any atom is 0.254 e. The minimum absolute atomic E-state index is 0.0314. The number of piperidine rings is 2. The molecule has 2 fully saturated rings. The zero-order chi connectivity index (χ0) is 17.9. The molecule has 3 rings (SSSR count). The number of carbonyl (C=O) groups excluding carboxylic acids is 1. The van der Waals surface area contributed by atoms with E-state index in [1.165, 1.54) is 19.3 Å². The van der Waals surface area contributed by atoms with Gasteiger partial charge in [-0.3, -0.25) is 4.79 Å². The van der Waals surface area contributed by atoms with E-state index in [2.05, 4.69) is 5.32 Å². The number of likely N-dealkylation sites (tertiary alicyclic amines) is 1. The summed E-state index contributed by atoms with van der Waals surface area (Å²) in [5.74, 6) is 1.56. The molecule has 1 amide bonds. The minimum atomic E-state index is 0.0314. The number of nitrogens with zero attached hydrogens (tertiary/aromatic N) is 1. The van der Waals surface area contributed by atoms with Crippen LogP contribution >= 0.6 is 0 Å². The summed E-state index contributed by atoms with van der Waals surface area (Å²) in [7, 11) is 4.69. The van der Waals surface area contributed by atoms with Gasteiger partial charge in [-0.05, 0) is 44.4 Å². The predicted octanol–water partition coefficient (Wildman–Crippen LogP) is 2.32. The summed E-state index contributed by atoms with van der Waals surface area (Å²) in [4.78, 5) is 15.1. The first-order valence-electron chi connectivity index (χ1n) is 8.92. The number of methoxy groups -OCH3 is 3. The quantitative estimate of drug-likeness (QED) is 0.905. The second kappa shape index (κ2) is 7.52. The van der Waals surface area contributed by atoms with Crippen LogP contribution in [-0.4, -0.2) is 58.3 Å². The molecule has 1 unspecified atom stereocenters. The number of ether oxygens (including phenoxy) is 3. The van der Waals surface area contributed by atoms with Crippen LogP contribution in [0.1, 0.15) is 36.0 Å². The Kier molecular flexibility index (Phi) is 5.37. The van der Waals surface area contributed by atoms with Crippen molar-refractivity contribution in [3.63, 3.8) is 0 Å². The highest BCUT2D eigenvalue weighted by Gasteiger charge is 2.38. The molecule has 1 aromatic carbocycles. The molecule has 1 N–H and O–H groups in total. The number of hydrogen-bond donors (Lipinski definition) is 1. The van der Waals surface area contributed by atoms with Crippen molar-refractivity contribution >= 4 is 5.91 Å². The highest BCUT2D eigenvalue weighted by atomic mass is 16.5. The molecular weight excluding hydrogens is 320 g/mol. The molecule has 25 heavy (non-hydrogen) atoms. The Morgan fingerprint density at radius 1 is 1.08 bits per heavy atom. The Morgan fingerprint density at radius 2 is 1.76 bits per heavy atom. The average Bonchev–Trinajstić information content (AvgIpc) is 2.66. The molecule has 0 bridgehead atoms. The third-order valence-electron chi connectivity index (χ3n) is 5.42. The van der Waals surface area contributed by atoms with Crippen molar-refractivity contribution < 1.29 is 19.0 Å². The van der Waals surface area contributed by atoms with Crippen LogP contribution in [0.3, 0.4) is 0 Å². The SMILES string of the molecule is COc1cc(C(=O)N2CCCC3(CCCNC3)C2)cc(OC)c1OC. The molecule has 0 aromatic heterocycles. The lowest BCUT2D eigenvalue weighted by Crippen LogP contribution is -2.52. The van der Waals surface area contributed by atoms with Crippen LogP contribution in [0.4, 0.5) is 0 Å². The zero-order valence-electron chi connectivity index (χ0n) is 15.4. The Balaban J connectivity index is 1.84. The summed E-state index contributed by atoms with van der Waals surface area (Å²) >= 11 is 0. The Hall–Kier alpha value is -1.95. The van der Waals surface area contributed by atoms with Gasteiger partial charge in [-0.15, -0.1) is 0 Å². The molecule has 1 aromatic rings.